The molecule has 0 unspecified atom stereocenters. The van der Waals surface area contributed by atoms with Crippen LogP contribution in [0.15, 0.2) is 36.4 Å². The second-order valence-corrected chi connectivity index (χ2v) is 6.49. The van der Waals surface area contributed by atoms with Crippen molar-refractivity contribution in [2.45, 2.75) is 52.6 Å². The number of hydrogen-bond donors (Lipinski definition) is 0. The molecule has 0 radical (unpaired) electrons. The number of aryl methyl sites for hydroxylation is 2. The van der Waals surface area contributed by atoms with Crippen LogP contribution in [0.25, 0.3) is 0 Å². The Balaban J connectivity index is 2.20. The van der Waals surface area contributed by atoms with Gasteiger partial charge < -0.3 is 4.74 Å². The van der Waals surface area contributed by atoms with Crippen LogP contribution in [-0.4, -0.2) is 5.78 Å². The van der Waals surface area contributed by atoms with E-state index in [0.717, 1.165) is 16.7 Å². The van der Waals surface area contributed by atoms with Gasteiger partial charge >= 0.3 is 0 Å². The first kappa shape index (κ1) is 20.4. The third kappa shape index (κ3) is 5.28. The van der Waals surface area contributed by atoms with Crippen LogP contribution in [0.1, 0.15) is 55.4 Å². The maximum atomic E-state index is 13.3. The number of hydrogen-bond acceptors (Lipinski definition) is 2. The molecule has 0 spiro atoms. The lowest BCUT2D eigenvalue weighted by atomic mass is 10.0. The minimum absolute atomic E-state index is 0.0838. The van der Waals surface area contributed by atoms with Crippen LogP contribution in [0, 0.1) is 0 Å². The summed E-state index contributed by atoms with van der Waals surface area (Å²) in [5.41, 5.74) is 2.37. The fraction of sp³-hybridized carbons (Fsp3) is 0.381. The molecule has 0 saturated heterocycles. The Morgan fingerprint density at radius 1 is 1.19 bits per heavy atom. The Hall–Kier alpha value is -1.94. The number of ether oxygens (including phenoxy) is 1. The van der Waals surface area contributed by atoms with E-state index in [1.807, 2.05) is 26.0 Å². The molecule has 0 heterocycles. The van der Waals surface area contributed by atoms with E-state index >= 15 is 0 Å². The van der Waals surface area contributed by atoms with Crippen molar-refractivity contribution in [2.24, 2.45) is 0 Å². The fourth-order valence-corrected chi connectivity index (χ4v) is 2.97. The van der Waals surface area contributed by atoms with Gasteiger partial charge in [-0.25, -0.2) is 8.78 Å². The molecule has 26 heavy (non-hydrogen) atoms. The molecule has 0 aromatic heterocycles. The van der Waals surface area contributed by atoms with Gasteiger partial charge in [0.05, 0.1) is 5.56 Å². The lowest BCUT2D eigenvalue weighted by molar-refractivity contribution is -0.118. The molecule has 2 nitrogen and oxygen atoms in total. The Bertz CT molecular complexity index is 760. The van der Waals surface area contributed by atoms with E-state index in [4.69, 9.17) is 16.3 Å². The van der Waals surface area contributed by atoms with E-state index in [2.05, 4.69) is 0 Å². The Morgan fingerprint density at radius 3 is 2.62 bits per heavy atom. The fourth-order valence-electron chi connectivity index (χ4n) is 2.72. The minimum Gasteiger partial charge on any atom is -0.488 e. The van der Waals surface area contributed by atoms with Crippen LogP contribution in [0.5, 0.6) is 5.75 Å². The lowest BCUT2D eigenvalue weighted by Gasteiger charge is -2.15. The van der Waals surface area contributed by atoms with Crippen molar-refractivity contribution in [1.29, 1.82) is 0 Å². The highest BCUT2D eigenvalue weighted by molar-refractivity contribution is 6.31. The number of carbonyl (C=O) groups excluding carboxylic acids is 1. The van der Waals surface area contributed by atoms with E-state index < -0.39 is 6.43 Å². The van der Waals surface area contributed by atoms with Gasteiger partial charge in [-0.3, -0.25) is 4.79 Å². The molecule has 0 aliphatic carbocycles. The van der Waals surface area contributed by atoms with Crippen LogP contribution < -0.4 is 4.74 Å². The first-order valence-corrected chi connectivity index (χ1v) is 9.15. The first-order valence-electron chi connectivity index (χ1n) is 8.78. The van der Waals surface area contributed by atoms with Gasteiger partial charge in [0.1, 0.15) is 18.1 Å². The van der Waals surface area contributed by atoms with E-state index in [9.17, 15) is 13.6 Å². The number of alkyl halides is 2. The predicted octanol–water partition coefficient (Wildman–Crippen LogP) is 6.33. The van der Waals surface area contributed by atoms with E-state index in [-0.39, 0.29) is 23.7 Å². The highest BCUT2D eigenvalue weighted by Crippen LogP contribution is 2.32. The molecule has 0 aliphatic rings. The Labute approximate surface area is 158 Å². The minimum atomic E-state index is -2.61. The average molecular weight is 381 g/mol. The molecule has 5 heteroatoms. The summed E-state index contributed by atoms with van der Waals surface area (Å²) < 4.78 is 32.4. The standard InChI is InChI=1S/C21H23ClF2O2/c1-3-14-8-11-20(17(12-14)21(23)24)26-13-18-15(6-5-7-19(18)22)9-10-16(25)4-2/h5-8,11-12,21H,3-4,9-10,13H2,1-2H3. The van der Waals surface area contributed by atoms with Crippen LogP contribution in [0.3, 0.4) is 0 Å². The average Bonchev–Trinajstić information content (AvgIpc) is 2.65. The number of rotatable bonds is 9. The van der Waals surface area contributed by atoms with E-state index in [0.29, 0.717) is 30.7 Å². The zero-order chi connectivity index (χ0) is 19.1. The molecule has 0 saturated carbocycles. The summed E-state index contributed by atoms with van der Waals surface area (Å²) in [6, 6.07) is 10.3. The van der Waals surface area contributed by atoms with Gasteiger partial charge in [0.15, 0.2) is 0 Å². The predicted molar refractivity (Wildman–Crippen MR) is 100 cm³/mol. The number of halogens is 3. The third-order valence-electron chi connectivity index (χ3n) is 4.37. The molecule has 0 atom stereocenters. The second-order valence-electron chi connectivity index (χ2n) is 6.08. The zero-order valence-electron chi connectivity index (χ0n) is 15.0. The summed E-state index contributed by atoms with van der Waals surface area (Å²) >= 11 is 6.28. The molecule has 2 aromatic carbocycles. The maximum Gasteiger partial charge on any atom is 0.267 e. The molecule has 0 aliphatic heterocycles. The third-order valence-corrected chi connectivity index (χ3v) is 4.73. The van der Waals surface area contributed by atoms with Gasteiger partial charge in [0.25, 0.3) is 6.43 Å². The smallest absolute Gasteiger partial charge is 0.267 e. The van der Waals surface area contributed by atoms with Crippen molar-refractivity contribution in [3.05, 3.63) is 63.7 Å². The summed E-state index contributed by atoms with van der Waals surface area (Å²) in [6.07, 6.45) is -0.447. The van der Waals surface area contributed by atoms with Crippen LogP contribution in [0.2, 0.25) is 5.02 Å². The van der Waals surface area contributed by atoms with Crippen molar-refractivity contribution in [3.8, 4) is 5.75 Å². The van der Waals surface area contributed by atoms with Gasteiger partial charge in [-0.05, 0) is 42.2 Å². The largest absolute Gasteiger partial charge is 0.488 e. The Kier molecular flexibility index (Phi) is 7.58. The van der Waals surface area contributed by atoms with Crippen molar-refractivity contribution < 1.29 is 18.3 Å². The van der Waals surface area contributed by atoms with Crippen molar-refractivity contribution in [3.63, 3.8) is 0 Å². The van der Waals surface area contributed by atoms with Gasteiger partial charge in [-0.1, -0.05) is 43.6 Å². The molecule has 0 N–H and O–H groups in total. The van der Waals surface area contributed by atoms with Crippen molar-refractivity contribution >= 4 is 17.4 Å². The summed E-state index contributed by atoms with van der Waals surface area (Å²) in [5, 5.41) is 0.509. The SMILES string of the molecule is CCC(=O)CCc1cccc(Cl)c1COc1ccc(CC)cc1C(F)F. The second kappa shape index (κ2) is 9.67. The molecule has 0 fully saturated rings. The van der Waals surface area contributed by atoms with Crippen molar-refractivity contribution in [1.82, 2.24) is 0 Å². The highest BCUT2D eigenvalue weighted by Gasteiger charge is 2.16. The molecular formula is C21H23ClF2O2. The van der Waals surface area contributed by atoms with E-state index in [1.54, 1.807) is 18.2 Å². The highest BCUT2D eigenvalue weighted by atomic mass is 35.5. The van der Waals surface area contributed by atoms with Gasteiger partial charge in [-0.15, -0.1) is 0 Å². The summed E-state index contributed by atoms with van der Waals surface area (Å²) in [7, 11) is 0. The number of Topliss-reactive ketones (excluding diaryl/α,β-unsaturated/α-hetero) is 1. The van der Waals surface area contributed by atoms with E-state index in [1.165, 1.54) is 6.07 Å². The van der Waals surface area contributed by atoms with Gasteiger partial charge in [0.2, 0.25) is 0 Å². The first-order chi connectivity index (χ1) is 12.5. The number of ketones is 1. The van der Waals surface area contributed by atoms with Crippen LogP contribution >= 0.6 is 11.6 Å². The number of benzene rings is 2. The van der Waals surface area contributed by atoms with Crippen molar-refractivity contribution in [2.75, 3.05) is 0 Å². The quantitative estimate of drug-likeness (QED) is 0.508. The topological polar surface area (TPSA) is 26.3 Å². The summed E-state index contributed by atoms with van der Waals surface area (Å²) in [6.45, 7) is 3.83. The molecule has 140 valence electrons. The van der Waals surface area contributed by atoms with Crippen LogP contribution in [0.4, 0.5) is 8.78 Å². The molecule has 2 rings (SSSR count). The number of carbonyl (C=O) groups is 1. The van der Waals surface area contributed by atoms with Gasteiger partial charge in [-0.2, -0.15) is 0 Å². The molecule has 2 aromatic rings. The molecule has 0 bridgehead atoms. The monoisotopic (exact) mass is 380 g/mol. The summed E-state index contributed by atoms with van der Waals surface area (Å²) in [5.74, 6) is 0.333. The van der Waals surface area contributed by atoms with Gasteiger partial charge in [0, 0.05) is 23.4 Å². The normalized spacial score (nSPS) is 11.0. The van der Waals surface area contributed by atoms with Crippen LogP contribution in [-0.2, 0) is 24.2 Å². The maximum absolute atomic E-state index is 13.3. The summed E-state index contributed by atoms with van der Waals surface area (Å²) in [4.78, 5) is 11.6. The molecule has 0 amide bonds. The lowest BCUT2D eigenvalue weighted by Crippen LogP contribution is -2.05. The molecular weight excluding hydrogens is 358 g/mol. The Morgan fingerprint density at radius 2 is 1.96 bits per heavy atom. The zero-order valence-corrected chi connectivity index (χ0v) is 15.8.